The molecule has 1 aromatic heterocycles. The normalized spacial score (nSPS) is 12.4. The fourth-order valence-electron chi connectivity index (χ4n) is 2.31. The second-order valence-corrected chi connectivity index (χ2v) is 4.71. The van der Waals surface area contributed by atoms with Gasteiger partial charge in [0.2, 0.25) is 0 Å². The van der Waals surface area contributed by atoms with Gasteiger partial charge in [-0.1, -0.05) is 0 Å². The van der Waals surface area contributed by atoms with Crippen LogP contribution in [0.15, 0.2) is 24.4 Å². The first-order chi connectivity index (χ1) is 9.56. The van der Waals surface area contributed by atoms with Gasteiger partial charge in [-0.2, -0.15) is 0 Å². The number of hydrogen-bond donors (Lipinski definition) is 1. The smallest absolute Gasteiger partial charge is 0.323 e. The van der Waals surface area contributed by atoms with Crippen molar-refractivity contribution >= 4 is 16.9 Å². The molecule has 1 heterocycles. The lowest BCUT2D eigenvalue weighted by molar-refractivity contribution is -0.144. The Kier molecular flexibility index (Phi) is 4.29. The van der Waals surface area contributed by atoms with Crippen LogP contribution in [0.4, 0.5) is 0 Å². The van der Waals surface area contributed by atoms with Gasteiger partial charge in [0.05, 0.1) is 19.2 Å². The first-order valence-electron chi connectivity index (χ1n) is 6.61. The maximum absolute atomic E-state index is 11.6. The predicted octanol–water partition coefficient (Wildman–Crippen LogP) is 1.62. The van der Waals surface area contributed by atoms with Gasteiger partial charge in [0.1, 0.15) is 11.8 Å². The molecule has 0 fully saturated rings. The number of hydrogen-bond acceptors (Lipinski definition) is 4. The minimum atomic E-state index is -0.636. The Morgan fingerprint density at radius 2 is 2.20 bits per heavy atom. The highest BCUT2D eigenvalue weighted by Gasteiger charge is 2.18. The van der Waals surface area contributed by atoms with E-state index in [1.807, 2.05) is 36.0 Å². The molecule has 1 aromatic carbocycles. The number of esters is 1. The molecule has 1 atom stereocenters. The minimum absolute atomic E-state index is 0.346. The molecule has 2 rings (SSSR count). The number of nitrogens with two attached hydrogens (primary N) is 1. The molecule has 0 aliphatic heterocycles. The van der Waals surface area contributed by atoms with Gasteiger partial charge < -0.3 is 19.8 Å². The van der Waals surface area contributed by atoms with E-state index in [9.17, 15) is 4.79 Å². The minimum Gasteiger partial charge on any atom is -0.497 e. The van der Waals surface area contributed by atoms with E-state index in [0.29, 0.717) is 13.0 Å². The van der Waals surface area contributed by atoms with Crippen molar-refractivity contribution in [3.63, 3.8) is 0 Å². The molecule has 0 radical (unpaired) electrons. The molecular weight excluding hydrogens is 256 g/mol. The number of aryl methyl sites for hydroxylation is 1. The van der Waals surface area contributed by atoms with Crippen molar-refractivity contribution in [2.75, 3.05) is 13.7 Å². The number of aromatic nitrogens is 1. The fourth-order valence-corrected chi connectivity index (χ4v) is 2.31. The summed E-state index contributed by atoms with van der Waals surface area (Å²) >= 11 is 0. The van der Waals surface area contributed by atoms with Crippen LogP contribution < -0.4 is 10.5 Å². The first-order valence-corrected chi connectivity index (χ1v) is 6.61. The molecule has 1 unspecified atom stereocenters. The SMILES string of the molecule is CCOC(=O)C(N)Cc1cn(C)c2cc(OC)ccc12. The van der Waals surface area contributed by atoms with Gasteiger partial charge >= 0.3 is 5.97 Å². The lowest BCUT2D eigenvalue weighted by atomic mass is 10.1. The number of ether oxygens (including phenoxy) is 2. The van der Waals surface area contributed by atoms with Crippen molar-refractivity contribution in [2.45, 2.75) is 19.4 Å². The van der Waals surface area contributed by atoms with Crippen LogP contribution in [0.5, 0.6) is 5.75 Å². The number of methoxy groups -OCH3 is 1. The van der Waals surface area contributed by atoms with Crippen LogP contribution in [0, 0.1) is 0 Å². The van der Waals surface area contributed by atoms with E-state index in [0.717, 1.165) is 22.2 Å². The Hall–Kier alpha value is -2.01. The zero-order valence-corrected chi connectivity index (χ0v) is 12.1. The van der Waals surface area contributed by atoms with E-state index in [-0.39, 0.29) is 5.97 Å². The Labute approximate surface area is 118 Å². The summed E-state index contributed by atoms with van der Waals surface area (Å²) in [4.78, 5) is 11.6. The largest absolute Gasteiger partial charge is 0.497 e. The van der Waals surface area contributed by atoms with Crippen LogP contribution >= 0.6 is 0 Å². The summed E-state index contributed by atoms with van der Waals surface area (Å²) in [5, 5.41) is 1.08. The van der Waals surface area contributed by atoms with Crippen LogP contribution in [-0.2, 0) is 23.0 Å². The molecule has 5 nitrogen and oxygen atoms in total. The number of nitrogens with zero attached hydrogens (tertiary/aromatic N) is 1. The number of fused-ring (bicyclic) bond motifs is 1. The standard InChI is InChI=1S/C15H20N2O3/c1-4-20-15(18)13(16)7-10-9-17(2)14-8-11(19-3)5-6-12(10)14/h5-6,8-9,13H,4,7,16H2,1-3H3. The van der Waals surface area contributed by atoms with Crippen molar-refractivity contribution in [1.82, 2.24) is 4.57 Å². The van der Waals surface area contributed by atoms with Crippen LogP contribution in [0.3, 0.4) is 0 Å². The summed E-state index contributed by atoms with van der Waals surface area (Å²) in [6.07, 6.45) is 2.45. The van der Waals surface area contributed by atoms with Gasteiger partial charge in [-0.3, -0.25) is 4.79 Å². The Morgan fingerprint density at radius 3 is 2.85 bits per heavy atom. The number of carbonyl (C=O) groups is 1. The zero-order valence-electron chi connectivity index (χ0n) is 12.1. The van der Waals surface area contributed by atoms with Gasteiger partial charge in [-0.05, 0) is 24.6 Å². The van der Waals surface area contributed by atoms with Crippen molar-refractivity contribution in [3.8, 4) is 5.75 Å². The molecular formula is C15H20N2O3. The fraction of sp³-hybridized carbons (Fsp3) is 0.400. The van der Waals surface area contributed by atoms with Gasteiger partial charge in [0.15, 0.2) is 0 Å². The summed E-state index contributed by atoms with van der Waals surface area (Å²) in [5.41, 5.74) is 7.97. The molecule has 0 aliphatic carbocycles. The third-order valence-electron chi connectivity index (χ3n) is 3.31. The second-order valence-electron chi connectivity index (χ2n) is 4.71. The van der Waals surface area contributed by atoms with E-state index in [4.69, 9.17) is 15.2 Å². The lowest BCUT2D eigenvalue weighted by Gasteiger charge is -2.09. The Bertz CT molecular complexity index is 619. The monoisotopic (exact) mass is 276 g/mol. The molecule has 0 spiro atoms. The average molecular weight is 276 g/mol. The molecule has 0 aliphatic rings. The summed E-state index contributed by atoms with van der Waals surface area (Å²) in [6, 6.07) is 5.22. The van der Waals surface area contributed by atoms with Crippen LogP contribution in [0.1, 0.15) is 12.5 Å². The van der Waals surface area contributed by atoms with E-state index in [2.05, 4.69) is 0 Å². The van der Waals surface area contributed by atoms with E-state index >= 15 is 0 Å². The van der Waals surface area contributed by atoms with Crippen molar-refractivity contribution < 1.29 is 14.3 Å². The van der Waals surface area contributed by atoms with Gasteiger partial charge in [-0.15, -0.1) is 0 Å². The van der Waals surface area contributed by atoms with Crippen LogP contribution in [0.2, 0.25) is 0 Å². The highest BCUT2D eigenvalue weighted by atomic mass is 16.5. The van der Waals surface area contributed by atoms with E-state index in [1.165, 1.54) is 0 Å². The zero-order chi connectivity index (χ0) is 14.7. The van der Waals surface area contributed by atoms with E-state index in [1.54, 1.807) is 14.0 Å². The predicted molar refractivity (Wildman–Crippen MR) is 77.8 cm³/mol. The maximum atomic E-state index is 11.6. The molecule has 20 heavy (non-hydrogen) atoms. The van der Waals surface area contributed by atoms with Crippen LogP contribution in [0.25, 0.3) is 10.9 Å². The third kappa shape index (κ3) is 2.77. The third-order valence-corrected chi connectivity index (χ3v) is 3.31. The molecule has 0 saturated carbocycles. The quantitative estimate of drug-likeness (QED) is 0.843. The lowest BCUT2D eigenvalue weighted by Crippen LogP contribution is -2.34. The van der Waals surface area contributed by atoms with Crippen molar-refractivity contribution in [2.24, 2.45) is 12.8 Å². The second kappa shape index (κ2) is 5.96. The molecule has 0 bridgehead atoms. The van der Waals surface area contributed by atoms with Crippen LogP contribution in [-0.4, -0.2) is 30.3 Å². The molecule has 2 aromatic rings. The first kappa shape index (κ1) is 14.4. The summed E-state index contributed by atoms with van der Waals surface area (Å²) in [5.74, 6) is 0.443. The highest BCUT2D eigenvalue weighted by Crippen LogP contribution is 2.25. The molecule has 0 saturated heterocycles. The topological polar surface area (TPSA) is 66.5 Å². The number of carbonyl (C=O) groups excluding carboxylic acids is 1. The molecule has 0 amide bonds. The van der Waals surface area contributed by atoms with Gasteiger partial charge in [-0.25, -0.2) is 0 Å². The molecule has 2 N–H and O–H groups in total. The summed E-state index contributed by atoms with van der Waals surface area (Å²) in [6.45, 7) is 2.12. The summed E-state index contributed by atoms with van der Waals surface area (Å²) < 4.78 is 12.2. The Balaban J connectivity index is 2.29. The van der Waals surface area contributed by atoms with Gasteiger partial charge in [0.25, 0.3) is 0 Å². The van der Waals surface area contributed by atoms with Gasteiger partial charge in [0, 0.05) is 31.1 Å². The number of rotatable bonds is 5. The Morgan fingerprint density at radius 1 is 1.45 bits per heavy atom. The summed E-state index contributed by atoms with van der Waals surface area (Å²) in [7, 11) is 3.60. The highest BCUT2D eigenvalue weighted by molar-refractivity contribution is 5.86. The van der Waals surface area contributed by atoms with Crippen molar-refractivity contribution in [1.29, 1.82) is 0 Å². The average Bonchev–Trinajstić information content (AvgIpc) is 2.75. The molecule has 108 valence electrons. The number of benzene rings is 1. The maximum Gasteiger partial charge on any atom is 0.323 e. The van der Waals surface area contributed by atoms with E-state index < -0.39 is 6.04 Å². The van der Waals surface area contributed by atoms with Crippen molar-refractivity contribution in [3.05, 3.63) is 30.0 Å². The molecule has 5 heteroatoms.